The third-order valence-corrected chi connectivity index (χ3v) is 4.23. The number of nitrogens with one attached hydrogen (secondary N) is 1. The molecule has 3 aromatic rings. The number of ether oxygens (including phenoxy) is 2. The van der Waals surface area contributed by atoms with Crippen molar-refractivity contribution in [3.63, 3.8) is 0 Å². The van der Waals surface area contributed by atoms with E-state index in [1.807, 2.05) is 6.92 Å². The van der Waals surface area contributed by atoms with Crippen molar-refractivity contribution < 1.29 is 14.3 Å². The fourth-order valence-corrected chi connectivity index (χ4v) is 2.81. The third kappa shape index (κ3) is 3.59. The van der Waals surface area contributed by atoms with Crippen LogP contribution in [0.2, 0.25) is 0 Å². The maximum absolute atomic E-state index is 12.8. The molecule has 2 aromatic carbocycles. The van der Waals surface area contributed by atoms with Crippen molar-refractivity contribution in [3.05, 3.63) is 52.8 Å². The maximum atomic E-state index is 12.8. The molecule has 1 atom stereocenters. The summed E-state index contributed by atoms with van der Waals surface area (Å²) in [5.41, 5.74) is 0.668. The Hall–Kier alpha value is -3.42. The van der Waals surface area contributed by atoms with Gasteiger partial charge in [0.25, 0.3) is 5.56 Å². The fourth-order valence-electron chi connectivity index (χ4n) is 2.81. The van der Waals surface area contributed by atoms with E-state index in [9.17, 15) is 9.59 Å². The molecule has 0 aliphatic heterocycles. The van der Waals surface area contributed by atoms with E-state index in [0.717, 1.165) is 4.68 Å². The van der Waals surface area contributed by atoms with E-state index in [0.29, 0.717) is 34.5 Å². The first kappa shape index (κ1) is 18.4. The van der Waals surface area contributed by atoms with Crippen LogP contribution in [0.4, 0.5) is 5.69 Å². The van der Waals surface area contributed by atoms with E-state index in [2.05, 4.69) is 15.6 Å². The lowest BCUT2D eigenvalue weighted by molar-refractivity contribution is -0.119. The van der Waals surface area contributed by atoms with Gasteiger partial charge in [0.2, 0.25) is 5.91 Å². The lowest BCUT2D eigenvalue weighted by Crippen LogP contribution is -2.35. The number of rotatable bonds is 6. The van der Waals surface area contributed by atoms with Crippen LogP contribution in [-0.2, 0) is 4.79 Å². The number of aromatic nitrogens is 3. The zero-order valence-electron chi connectivity index (χ0n) is 15.3. The molecule has 1 N–H and O–H groups in total. The van der Waals surface area contributed by atoms with Crippen molar-refractivity contribution in [2.75, 3.05) is 19.5 Å². The van der Waals surface area contributed by atoms with E-state index in [-0.39, 0.29) is 11.5 Å². The molecule has 0 fully saturated rings. The average molecular weight is 368 g/mol. The highest BCUT2D eigenvalue weighted by molar-refractivity contribution is 5.94. The second-order valence-corrected chi connectivity index (χ2v) is 5.84. The molecule has 0 bridgehead atoms. The number of anilines is 1. The van der Waals surface area contributed by atoms with Gasteiger partial charge in [0, 0.05) is 11.8 Å². The number of amides is 1. The van der Waals surface area contributed by atoms with Crippen LogP contribution in [0.15, 0.2) is 47.3 Å². The molecule has 0 aliphatic rings. The van der Waals surface area contributed by atoms with Crippen molar-refractivity contribution in [1.82, 2.24) is 15.0 Å². The molecule has 0 saturated heterocycles. The molecule has 140 valence electrons. The summed E-state index contributed by atoms with van der Waals surface area (Å²) in [5, 5.41) is 11.2. The van der Waals surface area contributed by atoms with E-state index < -0.39 is 6.04 Å². The molecule has 3 rings (SSSR count). The molecule has 1 aromatic heterocycles. The van der Waals surface area contributed by atoms with Gasteiger partial charge in [-0.15, -0.1) is 5.10 Å². The van der Waals surface area contributed by atoms with E-state index in [1.54, 1.807) is 42.5 Å². The third-order valence-electron chi connectivity index (χ3n) is 4.23. The Morgan fingerprint density at radius 1 is 1.15 bits per heavy atom. The monoisotopic (exact) mass is 368 g/mol. The van der Waals surface area contributed by atoms with Crippen LogP contribution in [0.3, 0.4) is 0 Å². The van der Waals surface area contributed by atoms with Gasteiger partial charge in [0.1, 0.15) is 11.6 Å². The van der Waals surface area contributed by atoms with Gasteiger partial charge in [0.15, 0.2) is 11.5 Å². The van der Waals surface area contributed by atoms with Gasteiger partial charge in [0.05, 0.1) is 19.6 Å². The minimum atomic E-state index is -0.789. The fraction of sp³-hybridized carbons (Fsp3) is 0.263. The number of methoxy groups -OCH3 is 2. The summed E-state index contributed by atoms with van der Waals surface area (Å²) in [4.78, 5) is 25.5. The maximum Gasteiger partial charge on any atom is 0.278 e. The quantitative estimate of drug-likeness (QED) is 0.718. The van der Waals surface area contributed by atoms with Crippen LogP contribution in [0.25, 0.3) is 10.9 Å². The van der Waals surface area contributed by atoms with Gasteiger partial charge in [-0.3, -0.25) is 9.59 Å². The highest BCUT2D eigenvalue weighted by Gasteiger charge is 2.22. The summed E-state index contributed by atoms with van der Waals surface area (Å²) in [5.74, 6) is 0.682. The van der Waals surface area contributed by atoms with Gasteiger partial charge < -0.3 is 14.8 Å². The summed E-state index contributed by atoms with van der Waals surface area (Å²) in [6, 6.07) is 11.2. The molecule has 1 amide bonds. The highest BCUT2D eigenvalue weighted by Crippen LogP contribution is 2.30. The molecule has 1 heterocycles. The summed E-state index contributed by atoms with van der Waals surface area (Å²) < 4.78 is 11.6. The van der Waals surface area contributed by atoms with Gasteiger partial charge in [-0.05, 0) is 30.7 Å². The molecule has 0 unspecified atom stereocenters. The number of fused-ring (bicyclic) bond motifs is 1. The number of carbonyl (C=O) groups excluding carboxylic acids is 1. The largest absolute Gasteiger partial charge is 0.493 e. The van der Waals surface area contributed by atoms with Crippen molar-refractivity contribution in [3.8, 4) is 11.5 Å². The summed E-state index contributed by atoms with van der Waals surface area (Å²) in [6.07, 6.45) is 0.381. The molecular weight excluding hydrogens is 348 g/mol. The van der Waals surface area contributed by atoms with Crippen molar-refractivity contribution >= 4 is 22.5 Å². The zero-order chi connectivity index (χ0) is 19.4. The first-order valence-corrected chi connectivity index (χ1v) is 8.46. The molecule has 8 heteroatoms. The molecule has 0 spiro atoms. The second kappa shape index (κ2) is 7.86. The first-order chi connectivity index (χ1) is 13.1. The smallest absolute Gasteiger partial charge is 0.278 e. The predicted molar refractivity (Wildman–Crippen MR) is 101 cm³/mol. The molecular formula is C19H20N4O4. The minimum absolute atomic E-state index is 0.352. The Bertz CT molecular complexity index is 1030. The lowest BCUT2D eigenvalue weighted by Gasteiger charge is -2.17. The van der Waals surface area contributed by atoms with Crippen molar-refractivity contribution in [2.24, 2.45) is 0 Å². The number of carbonyl (C=O) groups is 1. The van der Waals surface area contributed by atoms with E-state index in [4.69, 9.17) is 9.47 Å². The molecule has 0 saturated carbocycles. The van der Waals surface area contributed by atoms with Gasteiger partial charge in [-0.2, -0.15) is 4.68 Å². The SMILES string of the molecule is CC[C@H](C(=O)Nc1ccc(OC)c(OC)c1)n1nnc2ccccc2c1=O. The topological polar surface area (TPSA) is 95.3 Å². The Morgan fingerprint density at radius 3 is 2.59 bits per heavy atom. The average Bonchev–Trinajstić information content (AvgIpc) is 2.70. The standard InChI is InChI=1S/C19H20N4O4/c1-4-15(23-19(25)13-7-5-6-8-14(13)21-22-23)18(24)20-12-9-10-16(26-2)17(11-12)27-3/h5-11,15H,4H2,1-3H3,(H,20,24)/t15-/m1/s1. The summed E-state index contributed by atoms with van der Waals surface area (Å²) in [7, 11) is 3.05. The Balaban J connectivity index is 1.91. The number of hydrogen-bond acceptors (Lipinski definition) is 6. The number of hydrogen-bond donors (Lipinski definition) is 1. The van der Waals surface area contributed by atoms with E-state index >= 15 is 0 Å². The van der Waals surface area contributed by atoms with E-state index in [1.165, 1.54) is 14.2 Å². The summed E-state index contributed by atoms with van der Waals surface area (Å²) in [6.45, 7) is 1.81. The molecule has 0 aliphatic carbocycles. The van der Waals surface area contributed by atoms with Crippen LogP contribution >= 0.6 is 0 Å². The van der Waals surface area contributed by atoms with Gasteiger partial charge in [-0.1, -0.05) is 24.3 Å². The van der Waals surface area contributed by atoms with Crippen LogP contribution in [0.5, 0.6) is 11.5 Å². The normalized spacial score (nSPS) is 11.8. The lowest BCUT2D eigenvalue weighted by atomic mass is 10.2. The number of benzene rings is 2. The highest BCUT2D eigenvalue weighted by atomic mass is 16.5. The van der Waals surface area contributed by atoms with Crippen molar-refractivity contribution in [2.45, 2.75) is 19.4 Å². The van der Waals surface area contributed by atoms with Crippen LogP contribution in [0.1, 0.15) is 19.4 Å². The Labute approximate surface area is 155 Å². The predicted octanol–water partition coefficient (Wildman–Crippen LogP) is 2.40. The molecule has 27 heavy (non-hydrogen) atoms. The zero-order valence-corrected chi connectivity index (χ0v) is 15.3. The first-order valence-electron chi connectivity index (χ1n) is 8.46. The second-order valence-electron chi connectivity index (χ2n) is 5.84. The minimum Gasteiger partial charge on any atom is -0.493 e. The van der Waals surface area contributed by atoms with Crippen molar-refractivity contribution in [1.29, 1.82) is 0 Å². The summed E-state index contributed by atoms with van der Waals surface area (Å²) >= 11 is 0. The van der Waals surface area contributed by atoms with Gasteiger partial charge >= 0.3 is 0 Å². The van der Waals surface area contributed by atoms with Crippen LogP contribution < -0.4 is 20.3 Å². The Kier molecular flexibility index (Phi) is 5.35. The van der Waals surface area contributed by atoms with Gasteiger partial charge in [-0.25, -0.2) is 0 Å². The molecule has 8 nitrogen and oxygen atoms in total. The Morgan fingerprint density at radius 2 is 1.89 bits per heavy atom. The van der Waals surface area contributed by atoms with Crippen LogP contribution in [0, 0.1) is 0 Å². The number of nitrogens with zero attached hydrogens (tertiary/aromatic N) is 3. The molecule has 0 radical (unpaired) electrons. The van der Waals surface area contributed by atoms with Crippen LogP contribution in [-0.4, -0.2) is 35.1 Å².